The Morgan fingerprint density at radius 3 is 2.43 bits per heavy atom. The molecule has 1 aromatic carbocycles. The number of hydrogen-bond donors (Lipinski definition) is 1. The molecule has 1 aliphatic rings. The van der Waals surface area contributed by atoms with Crippen molar-refractivity contribution >= 4 is 35.1 Å². The molecule has 0 bridgehead atoms. The Balaban J connectivity index is 2.04. The van der Waals surface area contributed by atoms with Crippen LogP contribution in [0.3, 0.4) is 0 Å². The van der Waals surface area contributed by atoms with Crippen LogP contribution >= 0.6 is 23.2 Å². The first-order chi connectivity index (χ1) is 11.0. The lowest BCUT2D eigenvalue weighted by Gasteiger charge is -2.19. The van der Waals surface area contributed by atoms with Gasteiger partial charge >= 0.3 is 5.97 Å². The normalized spacial score (nSPS) is 16.1. The molecule has 2 rings (SSSR count). The van der Waals surface area contributed by atoms with Crippen LogP contribution in [0.25, 0.3) is 0 Å². The summed E-state index contributed by atoms with van der Waals surface area (Å²) < 4.78 is 4.80. The second-order valence-corrected chi connectivity index (χ2v) is 6.72. The minimum Gasteiger partial charge on any atom is -0.467 e. The minimum absolute atomic E-state index is 0.129. The predicted octanol–water partition coefficient (Wildman–Crippen LogP) is 3.77. The van der Waals surface area contributed by atoms with Crippen molar-refractivity contribution < 1.29 is 14.3 Å². The fourth-order valence-corrected chi connectivity index (χ4v) is 3.55. The fourth-order valence-electron chi connectivity index (χ4n) is 3.00. The summed E-state index contributed by atoms with van der Waals surface area (Å²) in [5, 5.41) is 3.70. The highest BCUT2D eigenvalue weighted by Crippen LogP contribution is 2.28. The number of esters is 1. The van der Waals surface area contributed by atoms with Gasteiger partial charge in [-0.2, -0.15) is 0 Å². The van der Waals surface area contributed by atoms with Gasteiger partial charge in [-0.05, 0) is 36.5 Å². The van der Waals surface area contributed by atoms with Crippen LogP contribution in [-0.2, 0) is 20.7 Å². The molecular formula is C17H21Cl2NO3. The molecule has 126 valence electrons. The first-order valence-electron chi connectivity index (χ1n) is 7.81. The Hall–Kier alpha value is -1.26. The van der Waals surface area contributed by atoms with Gasteiger partial charge < -0.3 is 10.1 Å². The highest BCUT2D eigenvalue weighted by molar-refractivity contribution is 6.36. The number of carbonyl (C=O) groups is 2. The maximum absolute atomic E-state index is 12.2. The van der Waals surface area contributed by atoms with Crippen LogP contribution in [0.2, 0.25) is 10.0 Å². The SMILES string of the molecule is COC(=O)[C@H](Cc1c(Cl)cccc1Cl)NC(=O)CC1CCCC1. The van der Waals surface area contributed by atoms with E-state index in [1.54, 1.807) is 18.2 Å². The van der Waals surface area contributed by atoms with Gasteiger partial charge in [-0.25, -0.2) is 4.79 Å². The van der Waals surface area contributed by atoms with Crippen molar-refractivity contribution in [2.24, 2.45) is 5.92 Å². The molecule has 4 nitrogen and oxygen atoms in total. The molecule has 1 fully saturated rings. The number of nitrogens with one attached hydrogen (secondary N) is 1. The molecular weight excluding hydrogens is 337 g/mol. The van der Waals surface area contributed by atoms with Crippen molar-refractivity contribution in [2.45, 2.75) is 44.6 Å². The quantitative estimate of drug-likeness (QED) is 0.788. The largest absolute Gasteiger partial charge is 0.467 e. The van der Waals surface area contributed by atoms with Gasteiger partial charge in [0.1, 0.15) is 6.04 Å². The number of hydrogen-bond acceptors (Lipinski definition) is 3. The third-order valence-electron chi connectivity index (χ3n) is 4.24. The summed E-state index contributed by atoms with van der Waals surface area (Å²) in [7, 11) is 1.30. The highest BCUT2D eigenvalue weighted by Gasteiger charge is 2.26. The summed E-state index contributed by atoms with van der Waals surface area (Å²) in [6.07, 6.45) is 5.16. The van der Waals surface area contributed by atoms with Gasteiger partial charge in [0, 0.05) is 22.9 Å². The number of benzene rings is 1. The van der Waals surface area contributed by atoms with Crippen molar-refractivity contribution in [3.8, 4) is 0 Å². The molecule has 0 radical (unpaired) electrons. The molecule has 1 amide bonds. The van der Waals surface area contributed by atoms with E-state index in [0.717, 1.165) is 12.8 Å². The van der Waals surface area contributed by atoms with Crippen LogP contribution in [0, 0.1) is 5.92 Å². The number of ether oxygens (including phenoxy) is 1. The molecule has 1 N–H and O–H groups in total. The molecule has 0 spiro atoms. The summed E-state index contributed by atoms with van der Waals surface area (Å²) >= 11 is 12.3. The Labute approximate surface area is 146 Å². The van der Waals surface area contributed by atoms with Gasteiger partial charge in [-0.15, -0.1) is 0 Å². The van der Waals surface area contributed by atoms with E-state index in [0.29, 0.717) is 27.9 Å². The van der Waals surface area contributed by atoms with E-state index >= 15 is 0 Å². The van der Waals surface area contributed by atoms with Gasteiger partial charge in [-0.3, -0.25) is 4.79 Å². The summed E-state index contributed by atoms with van der Waals surface area (Å²) in [5.41, 5.74) is 0.632. The summed E-state index contributed by atoms with van der Waals surface area (Å²) in [5.74, 6) is -0.214. The smallest absolute Gasteiger partial charge is 0.328 e. The van der Waals surface area contributed by atoms with Gasteiger partial charge in [0.25, 0.3) is 0 Å². The molecule has 23 heavy (non-hydrogen) atoms. The zero-order valence-electron chi connectivity index (χ0n) is 13.1. The molecule has 0 saturated heterocycles. The number of methoxy groups -OCH3 is 1. The molecule has 1 atom stereocenters. The lowest BCUT2D eigenvalue weighted by Crippen LogP contribution is -2.43. The zero-order chi connectivity index (χ0) is 16.8. The molecule has 6 heteroatoms. The maximum Gasteiger partial charge on any atom is 0.328 e. The van der Waals surface area contributed by atoms with Crippen molar-refractivity contribution in [1.82, 2.24) is 5.32 Å². The van der Waals surface area contributed by atoms with E-state index in [1.165, 1.54) is 20.0 Å². The van der Waals surface area contributed by atoms with Crippen LogP contribution in [0.1, 0.15) is 37.7 Å². The Bertz CT molecular complexity index is 551. The highest BCUT2D eigenvalue weighted by atomic mass is 35.5. The lowest BCUT2D eigenvalue weighted by atomic mass is 10.0. The van der Waals surface area contributed by atoms with Gasteiger partial charge in [0.15, 0.2) is 0 Å². The summed E-state index contributed by atoms with van der Waals surface area (Å²) in [6, 6.07) is 4.36. The monoisotopic (exact) mass is 357 g/mol. The maximum atomic E-state index is 12.2. The van der Waals surface area contributed by atoms with E-state index in [9.17, 15) is 9.59 Å². The zero-order valence-corrected chi connectivity index (χ0v) is 14.6. The van der Waals surface area contributed by atoms with Gasteiger partial charge in [-0.1, -0.05) is 42.1 Å². The number of carbonyl (C=O) groups excluding carboxylic acids is 2. The summed E-state index contributed by atoms with van der Waals surface area (Å²) in [4.78, 5) is 24.2. The van der Waals surface area contributed by atoms with Crippen molar-refractivity contribution in [3.05, 3.63) is 33.8 Å². The van der Waals surface area contributed by atoms with E-state index in [-0.39, 0.29) is 12.3 Å². The first-order valence-corrected chi connectivity index (χ1v) is 8.57. The van der Waals surface area contributed by atoms with Gasteiger partial charge in [0.05, 0.1) is 7.11 Å². The fraction of sp³-hybridized carbons (Fsp3) is 0.529. The third kappa shape index (κ3) is 5.11. The van der Waals surface area contributed by atoms with Crippen molar-refractivity contribution in [1.29, 1.82) is 0 Å². The number of amides is 1. The van der Waals surface area contributed by atoms with E-state index in [2.05, 4.69) is 5.32 Å². The molecule has 0 unspecified atom stereocenters. The average Bonchev–Trinajstić information content (AvgIpc) is 3.02. The second kappa shape index (κ2) is 8.55. The standard InChI is InChI=1S/C17H21Cl2NO3/c1-23-17(22)15(10-12-13(18)7-4-8-14(12)19)20-16(21)9-11-5-2-3-6-11/h4,7-8,11,15H,2-3,5-6,9-10H2,1H3,(H,20,21)/t15-/m0/s1. The van der Waals surface area contributed by atoms with Crippen LogP contribution in [-0.4, -0.2) is 25.0 Å². The predicted molar refractivity (Wildman–Crippen MR) is 90.7 cm³/mol. The third-order valence-corrected chi connectivity index (χ3v) is 4.95. The molecule has 0 aromatic heterocycles. The number of rotatable bonds is 6. The molecule has 1 aliphatic carbocycles. The Kier molecular flexibility index (Phi) is 6.72. The van der Waals surface area contributed by atoms with Gasteiger partial charge in [0.2, 0.25) is 5.91 Å². The number of halogens is 2. The lowest BCUT2D eigenvalue weighted by molar-refractivity contribution is -0.145. The van der Waals surface area contributed by atoms with Crippen LogP contribution in [0.5, 0.6) is 0 Å². The van der Waals surface area contributed by atoms with Crippen molar-refractivity contribution in [3.63, 3.8) is 0 Å². The Morgan fingerprint density at radius 2 is 1.87 bits per heavy atom. The van der Waals surface area contributed by atoms with Crippen LogP contribution < -0.4 is 5.32 Å². The molecule has 0 heterocycles. The van der Waals surface area contributed by atoms with Crippen molar-refractivity contribution in [2.75, 3.05) is 7.11 Å². The van der Waals surface area contributed by atoms with Crippen LogP contribution in [0.15, 0.2) is 18.2 Å². The van der Waals surface area contributed by atoms with Crippen LogP contribution in [0.4, 0.5) is 0 Å². The first kappa shape index (κ1) is 18.1. The molecule has 1 saturated carbocycles. The van der Waals surface area contributed by atoms with E-state index in [4.69, 9.17) is 27.9 Å². The minimum atomic E-state index is -0.786. The Morgan fingerprint density at radius 1 is 1.26 bits per heavy atom. The van der Waals surface area contributed by atoms with E-state index in [1.807, 2.05) is 0 Å². The second-order valence-electron chi connectivity index (χ2n) is 5.90. The average molecular weight is 358 g/mol. The molecule has 1 aromatic rings. The molecule has 0 aliphatic heterocycles. The van der Waals surface area contributed by atoms with E-state index < -0.39 is 12.0 Å². The topological polar surface area (TPSA) is 55.4 Å². The summed E-state index contributed by atoms with van der Waals surface area (Å²) in [6.45, 7) is 0.